The third-order valence-electron chi connectivity index (χ3n) is 15.1. The van der Waals surface area contributed by atoms with E-state index in [-0.39, 0.29) is 42.7 Å². The van der Waals surface area contributed by atoms with E-state index in [0.717, 1.165) is 83.8 Å². The minimum atomic E-state index is -0.0371. The maximum Gasteiger partial charge on any atom is 0.135 e. The summed E-state index contributed by atoms with van der Waals surface area (Å²) in [5.41, 5.74) is 19.4. The van der Waals surface area contributed by atoms with Gasteiger partial charge >= 0.3 is 0 Å². The van der Waals surface area contributed by atoms with Crippen molar-refractivity contribution in [2.24, 2.45) is 0 Å². The van der Waals surface area contributed by atoms with Gasteiger partial charge in [0.2, 0.25) is 0 Å². The summed E-state index contributed by atoms with van der Waals surface area (Å²) in [5.74, 6) is 2.00. The number of hydrogen-bond acceptors (Lipinski definition) is 4. The summed E-state index contributed by atoms with van der Waals surface area (Å²) >= 11 is 0. The average molecular weight is 1190 g/mol. The van der Waals surface area contributed by atoms with E-state index in [4.69, 9.17) is 9.72 Å². The maximum absolute atomic E-state index is 6.84. The molecule has 0 amide bonds. The summed E-state index contributed by atoms with van der Waals surface area (Å²) in [6, 6.07) is 69.1. The molecule has 0 unspecified atom stereocenters. The number of hydrogen-bond donors (Lipinski definition) is 0. The van der Waals surface area contributed by atoms with Gasteiger partial charge in [0.1, 0.15) is 5.82 Å². The largest absolute Gasteiger partial charge is 0.509 e. The predicted octanol–water partition coefficient (Wildman–Crippen LogP) is 19.5. The van der Waals surface area contributed by atoms with Gasteiger partial charge in [-0.15, -0.1) is 48.1 Å². The Bertz CT molecular complexity index is 3770. The normalized spacial score (nSPS) is 13.1. The maximum atomic E-state index is 6.84. The predicted molar refractivity (Wildman–Crippen MR) is 320 cm³/mol. The Morgan fingerprint density at radius 2 is 1.03 bits per heavy atom. The van der Waals surface area contributed by atoms with Gasteiger partial charge in [-0.05, 0) is 126 Å². The number of fused-ring (bicyclic) bond motifs is 4. The number of pyridine rings is 1. The van der Waals surface area contributed by atoms with E-state index in [0.29, 0.717) is 11.5 Å². The summed E-state index contributed by atoms with van der Waals surface area (Å²) < 4.78 is 9.07. The molecule has 392 valence electrons. The van der Waals surface area contributed by atoms with Crippen LogP contribution in [0.2, 0.25) is 0 Å². The van der Waals surface area contributed by atoms with Crippen LogP contribution in [0.4, 0.5) is 22.7 Å². The molecule has 0 saturated heterocycles. The monoisotopic (exact) mass is 1190 g/mol. The molecule has 8 aromatic carbocycles. The van der Waals surface area contributed by atoms with Crippen LogP contribution in [0.5, 0.6) is 11.5 Å². The molecular formula is C71H69N4OPt-3. The molecule has 10 aromatic rings. The van der Waals surface area contributed by atoms with E-state index in [1.165, 1.54) is 27.8 Å². The van der Waals surface area contributed by atoms with E-state index in [9.17, 15) is 0 Å². The third kappa shape index (κ3) is 10.5. The standard InChI is InChI=1S/C71H69N4O.Pt/c1-46-36-67(72-44-62(46)49-24-30-53(31-25-49)69(5,6)7)75-63-34-26-50(48-22-28-52(29-23-48)68(2,3)4)37-61(63)60-33-32-59(43-65(60)75)76-58-21-17-20-56(42-58)73-45-74(57-40-54(70(8,9)10)39-55(41-57)71(11,12)13)64-35-27-51(38-66(64)73)47-18-15-14-16-19-47;/h14-41,44-45H,1-13H3;/q-3;. The molecule has 11 rings (SSSR count). The Hall–Kier alpha value is -7.20. The number of ether oxygens (including phenoxy) is 1. The van der Waals surface area contributed by atoms with Gasteiger partial charge in [0.25, 0.3) is 0 Å². The average Bonchev–Trinajstić information content (AvgIpc) is 3.94. The van der Waals surface area contributed by atoms with Crippen LogP contribution in [0, 0.1) is 25.7 Å². The molecule has 0 N–H and O–H groups in total. The first-order valence-corrected chi connectivity index (χ1v) is 26.8. The number of nitrogens with zero attached hydrogens (tertiary/aromatic N) is 4. The molecule has 0 radical (unpaired) electrons. The van der Waals surface area contributed by atoms with Crippen LogP contribution in [-0.4, -0.2) is 9.55 Å². The molecule has 2 aromatic heterocycles. The van der Waals surface area contributed by atoms with Gasteiger partial charge in [0.05, 0.1) is 0 Å². The van der Waals surface area contributed by atoms with Crippen LogP contribution in [-0.2, 0) is 42.7 Å². The second kappa shape index (κ2) is 20.0. The molecule has 5 nitrogen and oxygen atoms in total. The van der Waals surface area contributed by atoms with Crippen molar-refractivity contribution in [3.8, 4) is 50.7 Å². The molecule has 0 saturated carbocycles. The smallest absolute Gasteiger partial charge is 0.135 e. The fourth-order valence-corrected chi connectivity index (χ4v) is 10.4. The van der Waals surface area contributed by atoms with Gasteiger partial charge in [-0.1, -0.05) is 192 Å². The number of rotatable bonds is 8. The molecule has 1 aliphatic heterocycles. The minimum absolute atomic E-state index is 0. The molecule has 6 heteroatoms. The fraction of sp³-hybridized carbons (Fsp3) is 0.239. The summed E-state index contributed by atoms with van der Waals surface area (Å²) in [6.45, 7) is 31.7. The van der Waals surface area contributed by atoms with Crippen molar-refractivity contribution < 1.29 is 25.8 Å². The number of aromatic nitrogens is 2. The third-order valence-corrected chi connectivity index (χ3v) is 15.1. The van der Waals surface area contributed by atoms with E-state index in [2.05, 4.69) is 275 Å². The van der Waals surface area contributed by atoms with Crippen LogP contribution in [0.1, 0.15) is 111 Å². The SMILES string of the molecule is Cc1cc(-n2c3[c-]c(Oc4[c-]c(N5[CH-]N(c6cc(C(C)(C)C)cc(C(C)(C)C)c6)c6ccc(-c7ccccc7)cc65)ccc4)ccc3c3cc(-c4ccc(C(C)(C)C)cc4)ccc32)ncc1-c1ccc(C(C)(C)C)cc1.[Pt]. The van der Waals surface area contributed by atoms with Crippen molar-refractivity contribution in [2.75, 3.05) is 9.80 Å². The van der Waals surface area contributed by atoms with Crippen LogP contribution in [0.25, 0.3) is 61.0 Å². The zero-order valence-electron chi connectivity index (χ0n) is 46.8. The molecule has 0 bridgehead atoms. The van der Waals surface area contributed by atoms with Crippen LogP contribution < -0.4 is 14.5 Å². The minimum Gasteiger partial charge on any atom is -0.509 e. The number of benzene rings is 8. The van der Waals surface area contributed by atoms with Crippen molar-refractivity contribution in [3.63, 3.8) is 0 Å². The Balaban J connectivity index is 0.00000672. The van der Waals surface area contributed by atoms with Crippen molar-refractivity contribution in [3.05, 3.63) is 223 Å². The van der Waals surface area contributed by atoms with Crippen molar-refractivity contribution in [1.82, 2.24) is 9.55 Å². The summed E-state index contributed by atoms with van der Waals surface area (Å²) in [5, 5.41) is 2.19. The second-order valence-electron chi connectivity index (χ2n) is 24.9. The van der Waals surface area contributed by atoms with Gasteiger partial charge in [-0.2, -0.15) is 12.1 Å². The molecule has 0 atom stereocenters. The first-order valence-electron chi connectivity index (χ1n) is 26.8. The Labute approximate surface area is 471 Å². The Kier molecular flexibility index (Phi) is 13.8. The topological polar surface area (TPSA) is 33.5 Å². The molecule has 1 aliphatic rings. The first kappa shape index (κ1) is 53.2. The van der Waals surface area contributed by atoms with Crippen LogP contribution in [0.15, 0.2) is 176 Å². The molecule has 0 spiro atoms. The molecule has 3 heterocycles. The number of aryl methyl sites for hydroxylation is 1. The van der Waals surface area contributed by atoms with E-state index in [1.807, 2.05) is 24.4 Å². The quantitative estimate of drug-likeness (QED) is 0.142. The van der Waals surface area contributed by atoms with Crippen molar-refractivity contribution in [2.45, 2.75) is 112 Å². The molecular weight excluding hydrogens is 1120 g/mol. The van der Waals surface area contributed by atoms with E-state index < -0.39 is 0 Å². The van der Waals surface area contributed by atoms with Crippen LogP contribution >= 0.6 is 0 Å². The zero-order chi connectivity index (χ0) is 53.5. The zero-order valence-corrected chi connectivity index (χ0v) is 49.1. The first-order chi connectivity index (χ1) is 36.1. The van der Waals surface area contributed by atoms with Crippen LogP contribution in [0.3, 0.4) is 0 Å². The Morgan fingerprint density at radius 3 is 1.65 bits per heavy atom. The summed E-state index contributed by atoms with van der Waals surface area (Å²) in [7, 11) is 0. The van der Waals surface area contributed by atoms with Crippen molar-refractivity contribution in [1.29, 1.82) is 0 Å². The summed E-state index contributed by atoms with van der Waals surface area (Å²) in [6.07, 6.45) is 2.02. The van der Waals surface area contributed by atoms with Crippen molar-refractivity contribution >= 4 is 44.6 Å². The fourth-order valence-electron chi connectivity index (χ4n) is 10.4. The second-order valence-corrected chi connectivity index (χ2v) is 24.9. The molecule has 0 aliphatic carbocycles. The Morgan fingerprint density at radius 1 is 0.455 bits per heavy atom. The molecule has 0 fully saturated rings. The van der Waals surface area contributed by atoms with Gasteiger partial charge < -0.3 is 19.1 Å². The van der Waals surface area contributed by atoms with E-state index in [1.54, 1.807) is 0 Å². The van der Waals surface area contributed by atoms with E-state index >= 15 is 0 Å². The van der Waals surface area contributed by atoms with Gasteiger partial charge in [-0.3, -0.25) is 0 Å². The summed E-state index contributed by atoms with van der Waals surface area (Å²) in [4.78, 5) is 9.77. The molecule has 77 heavy (non-hydrogen) atoms. The van der Waals surface area contributed by atoms with Gasteiger partial charge in [-0.25, -0.2) is 4.98 Å². The van der Waals surface area contributed by atoms with Gasteiger partial charge in [0.15, 0.2) is 0 Å². The van der Waals surface area contributed by atoms with Gasteiger partial charge in [0, 0.05) is 66.9 Å². The number of anilines is 4.